The number of nitrogens with one attached hydrogen (secondary N) is 1. The lowest BCUT2D eigenvalue weighted by Gasteiger charge is -2.12. The van der Waals surface area contributed by atoms with Gasteiger partial charge in [-0.15, -0.1) is 17.9 Å². The molecular formula is C26H25N3O2S. The Labute approximate surface area is 191 Å². The van der Waals surface area contributed by atoms with Gasteiger partial charge in [-0.25, -0.2) is 4.99 Å². The van der Waals surface area contributed by atoms with Crippen LogP contribution < -0.4 is 5.32 Å². The Balaban J connectivity index is 1.49. The summed E-state index contributed by atoms with van der Waals surface area (Å²) < 4.78 is 7.53. The van der Waals surface area contributed by atoms with Gasteiger partial charge >= 0.3 is 0 Å². The molecule has 162 valence electrons. The Kier molecular flexibility index (Phi) is 5.77. The maximum atomic E-state index is 13.2. The highest BCUT2D eigenvalue weighted by Crippen LogP contribution is 2.40. The first kappa shape index (κ1) is 20.5. The molecule has 4 aromatic rings. The van der Waals surface area contributed by atoms with E-state index in [4.69, 9.17) is 9.41 Å². The van der Waals surface area contributed by atoms with Crippen molar-refractivity contribution in [3.63, 3.8) is 0 Å². The molecule has 1 aromatic carbocycles. The summed E-state index contributed by atoms with van der Waals surface area (Å²) in [5.74, 6) is 0.657. The summed E-state index contributed by atoms with van der Waals surface area (Å²) in [7, 11) is 0. The first-order valence-electron chi connectivity index (χ1n) is 10.9. The summed E-state index contributed by atoms with van der Waals surface area (Å²) in [6.45, 7) is 4.97. The van der Waals surface area contributed by atoms with Crippen LogP contribution in [0.15, 0.2) is 70.9 Å². The second-order valence-corrected chi connectivity index (χ2v) is 9.04. The van der Waals surface area contributed by atoms with Gasteiger partial charge < -0.3 is 14.3 Å². The number of nitrogens with zero attached hydrogens (tertiary/aromatic N) is 2. The Morgan fingerprint density at radius 2 is 2.09 bits per heavy atom. The van der Waals surface area contributed by atoms with Crippen LogP contribution in [0, 0.1) is 0 Å². The third kappa shape index (κ3) is 3.94. The predicted octanol–water partition coefficient (Wildman–Crippen LogP) is 6.04. The number of carbonyl (C=O) groups is 1. The third-order valence-electron chi connectivity index (χ3n) is 5.85. The van der Waals surface area contributed by atoms with Crippen molar-refractivity contribution in [2.45, 2.75) is 38.8 Å². The molecule has 3 aromatic heterocycles. The van der Waals surface area contributed by atoms with Crippen molar-refractivity contribution in [1.82, 2.24) is 9.88 Å². The first-order valence-corrected chi connectivity index (χ1v) is 11.7. The number of aliphatic imine (C=N–C) groups is 1. The van der Waals surface area contributed by atoms with Crippen molar-refractivity contribution in [3.8, 4) is 0 Å². The van der Waals surface area contributed by atoms with Gasteiger partial charge in [0.25, 0.3) is 5.91 Å². The number of fused-ring (bicyclic) bond motifs is 2. The van der Waals surface area contributed by atoms with Gasteiger partial charge in [0.1, 0.15) is 10.8 Å². The second kappa shape index (κ2) is 9.01. The van der Waals surface area contributed by atoms with Crippen LogP contribution in [0.2, 0.25) is 0 Å². The fraction of sp³-hybridized carbons (Fsp3) is 0.231. The molecule has 0 bridgehead atoms. The van der Waals surface area contributed by atoms with Gasteiger partial charge in [0.15, 0.2) is 0 Å². The minimum absolute atomic E-state index is 0.0814. The molecule has 0 saturated carbocycles. The number of carbonyl (C=O) groups excluding carboxylic acids is 1. The van der Waals surface area contributed by atoms with E-state index < -0.39 is 0 Å². The van der Waals surface area contributed by atoms with Crippen LogP contribution in [0.1, 0.15) is 45.0 Å². The third-order valence-corrected chi connectivity index (χ3v) is 7.05. The minimum atomic E-state index is -0.0814. The summed E-state index contributed by atoms with van der Waals surface area (Å²) in [6, 6.07) is 12.0. The van der Waals surface area contributed by atoms with Gasteiger partial charge in [0.2, 0.25) is 0 Å². The molecule has 1 aliphatic rings. The monoisotopic (exact) mass is 443 g/mol. The topological polar surface area (TPSA) is 59.5 Å². The number of rotatable bonds is 7. The molecule has 0 spiro atoms. The number of para-hydroxylation sites is 1. The number of amides is 1. The number of allylic oxidation sites excluding steroid dienone is 1. The van der Waals surface area contributed by atoms with Crippen LogP contribution in [0.4, 0.5) is 5.00 Å². The van der Waals surface area contributed by atoms with Gasteiger partial charge in [-0.1, -0.05) is 24.3 Å². The maximum Gasteiger partial charge on any atom is 0.255 e. The molecule has 32 heavy (non-hydrogen) atoms. The van der Waals surface area contributed by atoms with Crippen molar-refractivity contribution in [3.05, 3.63) is 88.8 Å². The van der Waals surface area contributed by atoms with E-state index in [1.54, 1.807) is 17.6 Å². The van der Waals surface area contributed by atoms with E-state index in [0.717, 1.165) is 58.6 Å². The summed E-state index contributed by atoms with van der Waals surface area (Å²) in [4.78, 5) is 19.3. The van der Waals surface area contributed by atoms with Crippen LogP contribution in [0.5, 0.6) is 0 Å². The lowest BCUT2D eigenvalue weighted by atomic mass is 9.95. The van der Waals surface area contributed by atoms with Gasteiger partial charge in [-0.3, -0.25) is 4.79 Å². The Morgan fingerprint density at radius 1 is 1.22 bits per heavy atom. The summed E-state index contributed by atoms with van der Waals surface area (Å²) in [6.07, 6.45) is 11.7. The number of aryl methyl sites for hydroxylation is 1. The van der Waals surface area contributed by atoms with E-state index in [-0.39, 0.29) is 5.91 Å². The zero-order valence-corrected chi connectivity index (χ0v) is 18.7. The first-order chi connectivity index (χ1) is 15.7. The molecule has 0 atom stereocenters. The van der Waals surface area contributed by atoms with E-state index in [1.807, 2.05) is 36.6 Å². The molecule has 5 rings (SSSR count). The molecule has 0 saturated heterocycles. The molecule has 0 unspecified atom stereocenters. The molecule has 1 amide bonds. The van der Waals surface area contributed by atoms with E-state index >= 15 is 0 Å². The maximum absolute atomic E-state index is 13.2. The van der Waals surface area contributed by atoms with Crippen LogP contribution in [0.25, 0.3) is 10.9 Å². The van der Waals surface area contributed by atoms with Gasteiger partial charge in [-0.2, -0.15) is 0 Å². The largest absolute Gasteiger partial charge is 0.467 e. The van der Waals surface area contributed by atoms with E-state index in [1.165, 1.54) is 16.9 Å². The molecule has 6 heteroatoms. The Hall–Kier alpha value is -3.38. The standard InChI is InChI=1S/C26H25N3O2S/c1-2-13-29-17-18(20-9-3-5-11-22(20)29)15-28-26-24(21-10-4-6-12-23(21)32-26)25(30)27-16-19-8-7-14-31-19/h2-3,5,7-9,11,14-15,17H,1,4,6,10,12-13,16H2,(H,27,30). The molecule has 5 nitrogen and oxygen atoms in total. The molecular weight excluding hydrogens is 418 g/mol. The van der Waals surface area contributed by atoms with Crippen LogP contribution >= 0.6 is 11.3 Å². The van der Waals surface area contributed by atoms with Crippen LogP contribution in [-0.4, -0.2) is 16.7 Å². The quantitative estimate of drug-likeness (QED) is 0.280. The molecule has 3 heterocycles. The fourth-order valence-electron chi connectivity index (χ4n) is 4.34. The predicted molar refractivity (Wildman–Crippen MR) is 130 cm³/mol. The molecule has 0 fully saturated rings. The highest BCUT2D eigenvalue weighted by molar-refractivity contribution is 7.16. The van der Waals surface area contributed by atoms with Crippen molar-refractivity contribution in [2.75, 3.05) is 0 Å². The number of benzene rings is 1. The molecule has 0 radical (unpaired) electrons. The summed E-state index contributed by atoms with van der Waals surface area (Å²) in [5.41, 5.74) is 4.08. The van der Waals surface area contributed by atoms with Gasteiger partial charge in [-0.05, 0) is 49.4 Å². The number of aromatic nitrogens is 1. The van der Waals surface area contributed by atoms with Crippen molar-refractivity contribution >= 4 is 39.4 Å². The Bertz CT molecular complexity index is 1290. The van der Waals surface area contributed by atoms with Gasteiger partial charge in [0, 0.05) is 40.3 Å². The fourth-order valence-corrected chi connectivity index (χ4v) is 5.57. The molecule has 1 aliphatic carbocycles. The van der Waals surface area contributed by atoms with E-state index in [0.29, 0.717) is 6.54 Å². The summed E-state index contributed by atoms with van der Waals surface area (Å²) in [5, 5.41) is 4.94. The molecule has 1 N–H and O–H groups in total. The normalized spacial score (nSPS) is 13.5. The summed E-state index contributed by atoms with van der Waals surface area (Å²) >= 11 is 1.65. The zero-order valence-electron chi connectivity index (χ0n) is 17.8. The van der Waals surface area contributed by atoms with Gasteiger partial charge in [0.05, 0.1) is 18.4 Å². The van der Waals surface area contributed by atoms with Crippen molar-refractivity contribution in [2.24, 2.45) is 4.99 Å². The van der Waals surface area contributed by atoms with Crippen LogP contribution in [-0.2, 0) is 25.9 Å². The smallest absolute Gasteiger partial charge is 0.255 e. The average Bonchev–Trinajstić information content (AvgIpc) is 3.54. The minimum Gasteiger partial charge on any atom is -0.467 e. The zero-order chi connectivity index (χ0) is 21.9. The molecule has 0 aliphatic heterocycles. The van der Waals surface area contributed by atoms with E-state index in [2.05, 4.69) is 34.8 Å². The lowest BCUT2D eigenvalue weighted by molar-refractivity contribution is 0.0948. The number of thiophene rings is 1. The highest BCUT2D eigenvalue weighted by Gasteiger charge is 2.25. The van der Waals surface area contributed by atoms with E-state index in [9.17, 15) is 4.79 Å². The number of hydrogen-bond acceptors (Lipinski definition) is 4. The van der Waals surface area contributed by atoms with Crippen LogP contribution in [0.3, 0.4) is 0 Å². The number of furan rings is 1. The second-order valence-electron chi connectivity index (χ2n) is 7.95. The SMILES string of the molecule is C=CCn1cc(C=Nc2sc3c(c2C(=O)NCc2ccco2)CCCC3)c2ccccc21. The van der Waals surface area contributed by atoms with Crippen molar-refractivity contribution in [1.29, 1.82) is 0 Å². The number of hydrogen-bond donors (Lipinski definition) is 1. The van der Waals surface area contributed by atoms with Crippen molar-refractivity contribution < 1.29 is 9.21 Å². The highest BCUT2D eigenvalue weighted by atomic mass is 32.1. The lowest BCUT2D eigenvalue weighted by Crippen LogP contribution is -2.23. The average molecular weight is 444 g/mol. The Morgan fingerprint density at radius 3 is 2.94 bits per heavy atom.